The van der Waals surface area contributed by atoms with Crippen LogP contribution in [0, 0.1) is 6.92 Å². The molecule has 0 atom stereocenters. The van der Waals surface area contributed by atoms with Gasteiger partial charge in [0.25, 0.3) is 5.56 Å². The summed E-state index contributed by atoms with van der Waals surface area (Å²) < 4.78 is 7.18. The maximum atomic E-state index is 13.4. The number of hydrogen-bond acceptors (Lipinski definition) is 6. The fourth-order valence-corrected chi connectivity index (χ4v) is 5.29. The zero-order valence-corrected chi connectivity index (χ0v) is 19.8. The minimum absolute atomic E-state index is 0.0695. The van der Waals surface area contributed by atoms with Gasteiger partial charge in [-0.2, -0.15) is 0 Å². The first kappa shape index (κ1) is 21.4. The molecule has 0 N–H and O–H groups in total. The lowest BCUT2D eigenvalue weighted by molar-refractivity contribution is 0.0469. The summed E-state index contributed by atoms with van der Waals surface area (Å²) >= 11 is 1.36. The molecule has 0 unspecified atom stereocenters. The number of ether oxygens (including phenoxy) is 1. The van der Waals surface area contributed by atoms with Gasteiger partial charge in [-0.3, -0.25) is 9.20 Å². The molecule has 5 aromatic rings. The Labute approximate surface area is 205 Å². The number of thiazole rings is 1. The molecule has 1 aliphatic rings. The van der Waals surface area contributed by atoms with Gasteiger partial charge in [0.05, 0.1) is 22.5 Å². The first-order valence-electron chi connectivity index (χ1n) is 11.4. The zero-order valence-electron chi connectivity index (χ0n) is 19.0. The standard InChI is InChI=1S/C28H21N3O3S/c1-17-6-8-18(9-7-17)14-19-10-11-22-25(21-4-2-3-5-23(21)30-26(19)22)27(33)34-16-20-15-24(32)31-12-13-35-28(31)29-20/h2-9,12-15H,10-11,16H2,1H3. The average molecular weight is 480 g/mol. The second-order valence-corrected chi connectivity index (χ2v) is 9.50. The highest BCUT2D eigenvalue weighted by molar-refractivity contribution is 7.15. The number of para-hydroxylation sites is 1. The third-order valence-electron chi connectivity index (χ3n) is 6.27. The lowest BCUT2D eigenvalue weighted by atomic mass is 10.0. The third kappa shape index (κ3) is 3.94. The van der Waals surface area contributed by atoms with Gasteiger partial charge in [-0.15, -0.1) is 11.3 Å². The molecular weight excluding hydrogens is 458 g/mol. The molecule has 0 fully saturated rings. The van der Waals surface area contributed by atoms with Crippen molar-refractivity contribution >= 4 is 44.8 Å². The van der Waals surface area contributed by atoms with Crippen LogP contribution >= 0.6 is 11.3 Å². The van der Waals surface area contributed by atoms with Gasteiger partial charge in [-0.25, -0.2) is 14.8 Å². The predicted molar refractivity (Wildman–Crippen MR) is 138 cm³/mol. The van der Waals surface area contributed by atoms with E-state index in [1.807, 2.05) is 24.3 Å². The van der Waals surface area contributed by atoms with E-state index in [-0.39, 0.29) is 12.2 Å². The van der Waals surface area contributed by atoms with Crippen molar-refractivity contribution in [1.29, 1.82) is 0 Å². The van der Waals surface area contributed by atoms with Crippen LogP contribution in [0.2, 0.25) is 0 Å². The second-order valence-electron chi connectivity index (χ2n) is 8.63. The van der Waals surface area contributed by atoms with E-state index in [2.05, 4.69) is 42.2 Å². The Morgan fingerprint density at radius 1 is 1.11 bits per heavy atom. The molecule has 0 amide bonds. The van der Waals surface area contributed by atoms with E-state index in [1.54, 1.807) is 11.6 Å². The molecule has 0 radical (unpaired) electrons. The maximum Gasteiger partial charge on any atom is 0.339 e. The van der Waals surface area contributed by atoms with Crippen LogP contribution in [-0.4, -0.2) is 20.3 Å². The Kier molecular flexibility index (Phi) is 5.26. The number of pyridine rings is 1. The molecule has 0 saturated heterocycles. The molecule has 172 valence electrons. The summed E-state index contributed by atoms with van der Waals surface area (Å²) in [5.41, 5.74) is 6.74. The van der Waals surface area contributed by atoms with Gasteiger partial charge in [0.2, 0.25) is 0 Å². The Bertz CT molecular complexity index is 1700. The fourth-order valence-electron chi connectivity index (χ4n) is 4.55. The molecule has 6 nitrogen and oxygen atoms in total. The van der Waals surface area contributed by atoms with Gasteiger partial charge in [0.15, 0.2) is 4.96 Å². The molecule has 0 aliphatic heterocycles. The van der Waals surface area contributed by atoms with Crippen molar-refractivity contribution in [2.45, 2.75) is 26.4 Å². The Balaban J connectivity index is 1.37. The molecule has 35 heavy (non-hydrogen) atoms. The van der Waals surface area contributed by atoms with Gasteiger partial charge < -0.3 is 4.74 Å². The number of rotatable bonds is 4. The number of carbonyl (C=O) groups is 1. The summed E-state index contributed by atoms with van der Waals surface area (Å²) in [4.78, 5) is 35.6. The number of aryl methyl sites for hydroxylation is 1. The van der Waals surface area contributed by atoms with E-state index < -0.39 is 5.97 Å². The molecule has 3 heterocycles. The Hall–Kier alpha value is -4.10. The van der Waals surface area contributed by atoms with Crippen LogP contribution in [0.1, 0.15) is 44.9 Å². The summed E-state index contributed by atoms with van der Waals surface area (Å²) in [6.07, 6.45) is 5.35. The highest BCUT2D eigenvalue weighted by Gasteiger charge is 2.27. The fraction of sp³-hybridized carbons (Fsp3) is 0.143. The number of allylic oxidation sites excluding steroid dienone is 1. The molecule has 1 aliphatic carbocycles. The quantitative estimate of drug-likeness (QED) is 0.320. The van der Waals surface area contributed by atoms with E-state index in [9.17, 15) is 9.59 Å². The molecule has 2 aromatic carbocycles. The van der Waals surface area contributed by atoms with Crippen LogP contribution in [0.5, 0.6) is 0 Å². The van der Waals surface area contributed by atoms with Crippen molar-refractivity contribution in [1.82, 2.24) is 14.4 Å². The number of fused-ring (bicyclic) bond motifs is 3. The minimum atomic E-state index is -0.426. The highest BCUT2D eigenvalue weighted by Crippen LogP contribution is 2.38. The van der Waals surface area contributed by atoms with Crippen LogP contribution in [0.15, 0.2) is 71.0 Å². The lowest BCUT2D eigenvalue weighted by Gasteiger charge is -2.12. The van der Waals surface area contributed by atoms with Crippen molar-refractivity contribution < 1.29 is 9.53 Å². The number of hydrogen-bond donors (Lipinski definition) is 0. The summed E-state index contributed by atoms with van der Waals surface area (Å²) in [5.74, 6) is -0.426. The lowest BCUT2D eigenvalue weighted by Crippen LogP contribution is -2.15. The summed E-state index contributed by atoms with van der Waals surface area (Å²) in [5, 5.41) is 2.57. The Morgan fingerprint density at radius 3 is 2.80 bits per heavy atom. The number of benzene rings is 2. The van der Waals surface area contributed by atoms with Gasteiger partial charge in [0, 0.05) is 23.0 Å². The molecule has 0 bridgehead atoms. The van der Waals surface area contributed by atoms with Crippen LogP contribution in [0.3, 0.4) is 0 Å². The van der Waals surface area contributed by atoms with Crippen LogP contribution in [0.25, 0.3) is 27.5 Å². The maximum absolute atomic E-state index is 13.4. The number of aromatic nitrogens is 3. The molecule has 0 spiro atoms. The van der Waals surface area contributed by atoms with Crippen molar-refractivity contribution in [3.05, 3.63) is 110 Å². The van der Waals surface area contributed by atoms with E-state index >= 15 is 0 Å². The molecular formula is C28H21N3O3S. The highest BCUT2D eigenvalue weighted by atomic mass is 32.1. The van der Waals surface area contributed by atoms with Gasteiger partial charge in [-0.05, 0) is 48.6 Å². The second kappa shape index (κ2) is 8.60. The monoisotopic (exact) mass is 479 g/mol. The summed E-state index contributed by atoms with van der Waals surface area (Å²) in [6, 6.07) is 17.4. The van der Waals surface area contributed by atoms with Crippen LogP contribution < -0.4 is 5.56 Å². The summed E-state index contributed by atoms with van der Waals surface area (Å²) in [6.45, 7) is 2.00. The van der Waals surface area contributed by atoms with Crippen molar-refractivity contribution in [2.24, 2.45) is 0 Å². The van der Waals surface area contributed by atoms with Crippen LogP contribution in [-0.2, 0) is 17.8 Å². The first-order valence-corrected chi connectivity index (χ1v) is 12.3. The average Bonchev–Trinajstić information content (AvgIpc) is 3.50. The van der Waals surface area contributed by atoms with Crippen LogP contribution in [0.4, 0.5) is 0 Å². The van der Waals surface area contributed by atoms with E-state index in [0.717, 1.165) is 46.1 Å². The molecule has 3 aromatic heterocycles. The third-order valence-corrected chi connectivity index (χ3v) is 7.03. The van der Waals surface area contributed by atoms with Crippen molar-refractivity contribution in [3.8, 4) is 0 Å². The molecule has 0 saturated carbocycles. The largest absolute Gasteiger partial charge is 0.456 e. The minimum Gasteiger partial charge on any atom is -0.456 e. The van der Waals surface area contributed by atoms with Crippen molar-refractivity contribution in [2.75, 3.05) is 0 Å². The van der Waals surface area contributed by atoms with Crippen molar-refractivity contribution in [3.63, 3.8) is 0 Å². The van der Waals surface area contributed by atoms with Gasteiger partial charge in [-0.1, -0.05) is 48.0 Å². The summed E-state index contributed by atoms with van der Waals surface area (Å²) in [7, 11) is 0. The zero-order chi connectivity index (χ0) is 23.9. The molecule has 6 rings (SSSR count). The van der Waals surface area contributed by atoms with E-state index in [4.69, 9.17) is 9.72 Å². The van der Waals surface area contributed by atoms with E-state index in [1.165, 1.54) is 27.4 Å². The van der Waals surface area contributed by atoms with E-state index in [0.29, 0.717) is 16.2 Å². The molecule has 7 heteroatoms. The number of esters is 1. The SMILES string of the molecule is Cc1ccc(C=C2CCc3c2nc2ccccc2c3C(=O)OCc2cc(=O)n3ccsc3n2)cc1. The number of carbonyl (C=O) groups excluding carboxylic acids is 1. The first-order chi connectivity index (χ1) is 17.1. The predicted octanol–water partition coefficient (Wildman–Crippen LogP) is 5.46. The number of nitrogens with zero attached hydrogens (tertiary/aromatic N) is 3. The Morgan fingerprint density at radius 2 is 1.94 bits per heavy atom. The topological polar surface area (TPSA) is 73.6 Å². The normalized spacial score (nSPS) is 14.0. The van der Waals surface area contributed by atoms with Gasteiger partial charge in [0.1, 0.15) is 6.61 Å². The smallest absolute Gasteiger partial charge is 0.339 e. The van der Waals surface area contributed by atoms with Gasteiger partial charge >= 0.3 is 5.97 Å².